The number of carboxylic acid groups (broad SMARTS) is 1. The molecule has 0 aliphatic rings. The van der Waals surface area contributed by atoms with E-state index < -0.39 is 11.9 Å². The first kappa shape index (κ1) is 17.9. The van der Waals surface area contributed by atoms with Gasteiger partial charge >= 0.3 is 5.97 Å². The van der Waals surface area contributed by atoms with E-state index in [0.717, 1.165) is 0 Å². The fourth-order valence-corrected chi connectivity index (χ4v) is 2.56. The third-order valence-corrected chi connectivity index (χ3v) is 3.56. The quantitative estimate of drug-likeness (QED) is 0.832. The van der Waals surface area contributed by atoms with Crippen LogP contribution in [0.3, 0.4) is 0 Å². The van der Waals surface area contributed by atoms with Crippen LogP contribution in [0.1, 0.15) is 20.7 Å². The van der Waals surface area contributed by atoms with E-state index in [-0.39, 0.29) is 28.3 Å². The molecule has 126 valence electrons. The smallest absolute Gasteiger partial charge is 0.337 e. The molecular formula is C16H13Cl2NO5. The number of carboxylic acids is 1. The Morgan fingerprint density at radius 3 is 2.00 bits per heavy atom. The second-order valence-corrected chi connectivity index (χ2v) is 5.54. The fraction of sp³-hybridized carbons (Fsp3) is 0.125. The highest BCUT2D eigenvalue weighted by molar-refractivity contribution is 6.35. The van der Waals surface area contributed by atoms with Crippen molar-refractivity contribution in [3.05, 3.63) is 51.5 Å². The van der Waals surface area contributed by atoms with Crippen molar-refractivity contribution < 1.29 is 24.2 Å². The van der Waals surface area contributed by atoms with Gasteiger partial charge in [0, 0.05) is 27.7 Å². The first-order valence-corrected chi connectivity index (χ1v) is 7.38. The summed E-state index contributed by atoms with van der Waals surface area (Å²) in [5.41, 5.74) is 0.106. The molecule has 0 aliphatic heterocycles. The molecule has 0 spiro atoms. The number of aromatic carboxylic acids is 1. The summed E-state index contributed by atoms with van der Waals surface area (Å²) in [7, 11) is 2.79. The summed E-state index contributed by atoms with van der Waals surface area (Å²) in [4.78, 5) is 23.8. The van der Waals surface area contributed by atoms with Gasteiger partial charge in [0.25, 0.3) is 5.91 Å². The highest BCUT2D eigenvalue weighted by Gasteiger charge is 2.19. The molecule has 0 aliphatic carbocycles. The van der Waals surface area contributed by atoms with Gasteiger partial charge in [0.2, 0.25) is 0 Å². The Bertz CT molecular complexity index is 787. The molecule has 0 heterocycles. The van der Waals surface area contributed by atoms with Crippen molar-refractivity contribution in [3.8, 4) is 11.5 Å². The van der Waals surface area contributed by atoms with Crippen LogP contribution < -0.4 is 14.8 Å². The lowest BCUT2D eigenvalue weighted by atomic mass is 10.1. The number of ether oxygens (including phenoxy) is 2. The number of nitrogens with one attached hydrogen (secondary N) is 1. The van der Waals surface area contributed by atoms with Crippen molar-refractivity contribution in [1.82, 2.24) is 0 Å². The van der Waals surface area contributed by atoms with Crippen molar-refractivity contribution in [1.29, 1.82) is 0 Å². The van der Waals surface area contributed by atoms with E-state index >= 15 is 0 Å². The minimum atomic E-state index is -1.23. The van der Waals surface area contributed by atoms with Gasteiger partial charge in [0.1, 0.15) is 0 Å². The number of methoxy groups -OCH3 is 2. The Morgan fingerprint density at radius 1 is 0.958 bits per heavy atom. The lowest BCUT2D eigenvalue weighted by Crippen LogP contribution is -2.15. The van der Waals surface area contributed by atoms with E-state index in [9.17, 15) is 14.7 Å². The zero-order valence-corrected chi connectivity index (χ0v) is 14.2. The highest BCUT2D eigenvalue weighted by Crippen LogP contribution is 2.33. The molecule has 0 unspecified atom stereocenters. The Morgan fingerprint density at radius 2 is 1.50 bits per heavy atom. The van der Waals surface area contributed by atoms with Gasteiger partial charge < -0.3 is 19.9 Å². The van der Waals surface area contributed by atoms with Crippen LogP contribution in [0, 0.1) is 0 Å². The SMILES string of the molecule is COc1cc(NC(=O)c2cc(Cl)cc(Cl)c2)c(C(=O)O)cc1OC. The van der Waals surface area contributed by atoms with Crippen LogP contribution >= 0.6 is 23.2 Å². The molecule has 2 rings (SSSR count). The molecule has 2 aromatic carbocycles. The summed E-state index contributed by atoms with van der Waals surface area (Å²) in [6, 6.07) is 6.96. The number of amides is 1. The third kappa shape index (κ3) is 3.90. The molecule has 6 nitrogen and oxygen atoms in total. The van der Waals surface area contributed by atoms with E-state index in [1.54, 1.807) is 0 Å². The molecule has 24 heavy (non-hydrogen) atoms. The molecule has 0 fully saturated rings. The van der Waals surface area contributed by atoms with Crippen LogP contribution in [-0.4, -0.2) is 31.2 Å². The van der Waals surface area contributed by atoms with Gasteiger partial charge in [-0.3, -0.25) is 4.79 Å². The average Bonchev–Trinajstić information content (AvgIpc) is 2.53. The highest BCUT2D eigenvalue weighted by atomic mass is 35.5. The normalized spacial score (nSPS) is 10.2. The molecule has 0 bridgehead atoms. The Kier molecular flexibility index (Phi) is 5.54. The Labute approximate surface area is 147 Å². The number of hydrogen-bond acceptors (Lipinski definition) is 4. The molecule has 2 aromatic rings. The molecule has 0 atom stereocenters. The van der Waals surface area contributed by atoms with Gasteiger partial charge in [-0.15, -0.1) is 0 Å². The van der Waals surface area contributed by atoms with Crippen molar-refractivity contribution >= 4 is 40.8 Å². The maximum absolute atomic E-state index is 12.4. The summed E-state index contributed by atoms with van der Waals surface area (Å²) in [5, 5.41) is 12.4. The molecular weight excluding hydrogens is 357 g/mol. The summed E-state index contributed by atoms with van der Waals surface area (Å²) in [6.45, 7) is 0. The minimum absolute atomic E-state index is 0.0567. The van der Waals surface area contributed by atoms with Gasteiger partial charge in [-0.25, -0.2) is 4.79 Å². The van der Waals surface area contributed by atoms with Crippen molar-refractivity contribution in [2.75, 3.05) is 19.5 Å². The van der Waals surface area contributed by atoms with Crippen LogP contribution in [0.5, 0.6) is 11.5 Å². The molecule has 1 amide bonds. The Balaban J connectivity index is 2.43. The van der Waals surface area contributed by atoms with Crippen molar-refractivity contribution in [2.24, 2.45) is 0 Å². The van der Waals surface area contributed by atoms with Gasteiger partial charge in [0.05, 0.1) is 25.5 Å². The zero-order valence-electron chi connectivity index (χ0n) is 12.7. The fourth-order valence-electron chi connectivity index (χ4n) is 2.04. The maximum Gasteiger partial charge on any atom is 0.337 e. The van der Waals surface area contributed by atoms with E-state index in [4.69, 9.17) is 32.7 Å². The molecule has 0 saturated heterocycles. The summed E-state index contributed by atoms with van der Waals surface area (Å²) >= 11 is 11.7. The molecule has 8 heteroatoms. The first-order chi connectivity index (χ1) is 11.3. The monoisotopic (exact) mass is 369 g/mol. The number of carbonyl (C=O) groups excluding carboxylic acids is 1. The van der Waals surface area contributed by atoms with Crippen molar-refractivity contribution in [2.45, 2.75) is 0 Å². The number of carbonyl (C=O) groups is 2. The second-order valence-electron chi connectivity index (χ2n) is 4.67. The van der Waals surface area contributed by atoms with E-state index in [1.807, 2.05) is 0 Å². The second kappa shape index (κ2) is 7.42. The topological polar surface area (TPSA) is 84.9 Å². The van der Waals surface area contributed by atoms with Gasteiger partial charge in [0.15, 0.2) is 11.5 Å². The zero-order chi connectivity index (χ0) is 17.9. The molecule has 2 N–H and O–H groups in total. The minimum Gasteiger partial charge on any atom is -0.493 e. The van der Waals surface area contributed by atoms with Crippen molar-refractivity contribution in [3.63, 3.8) is 0 Å². The van der Waals surface area contributed by atoms with E-state index in [2.05, 4.69) is 5.32 Å². The van der Waals surface area contributed by atoms with Crippen LogP contribution in [-0.2, 0) is 0 Å². The average molecular weight is 370 g/mol. The standard InChI is InChI=1S/C16H13Cl2NO5/c1-23-13-6-11(16(21)22)12(7-14(13)24-2)19-15(20)8-3-9(17)5-10(18)4-8/h3-7H,1-2H3,(H,19,20)(H,21,22). The predicted molar refractivity (Wildman–Crippen MR) is 90.9 cm³/mol. The van der Waals surface area contributed by atoms with Gasteiger partial charge in [-0.1, -0.05) is 23.2 Å². The maximum atomic E-state index is 12.4. The molecule has 0 radical (unpaired) electrons. The van der Waals surface area contributed by atoms with Crippen LogP contribution in [0.15, 0.2) is 30.3 Å². The molecule has 0 saturated carbocycles. The number of rotatable bonds is 5. The number of anilines is 1. The number of halogens is 2. The summed E-state index contributed by atoms with van der Waals surface area (Å²) < 4.78 is 10.2. The van der Waals surface area contributed by atoms with Crippen LogP contribution in [0.2, 0.25) is 10.0 Å². The van der Waals surface area contributed by atoms with Crippen LogP contribution in [0.4, 0.5) is 5.69 Å². The number of hydrogen-bond donors (Lipinski definition) is 2. The van der Waals surface area contributed by atoms with Gasteiger partial charge in [-0.05, 0) is 18.2 Å². The van der Waals surface area contributed by atoms with Crippen LogP contribution in [0.25, 0.3) is 0 Å². The van der Waals surface area contributed by atoms with E-state index in [1.165, 1.54) is 44.6 Å². The largest absolute Gasteiger partial charge is 0.493 e. The third-order valence-electron chi connectivity index (χ3n) is 3.13. The predicted octanol–water partition coefficient (Wildman–Crippen LogP) is 3.96. The molecule has 0 aromatic heterocycles. The lowest BCUT2D eigenvalue weighted by molar-refractivity contribution is 0.0697. The first-order valence-electron chi connectivity index (χ1n) is 6.62. The summed E-state index contributed by atoms with van der Waals surface area (Å²) in [6.07, 6.45) is 0. The number of benzene rings is 2. The summed E-state index contributed by atoms with van der Waals surface area (Å²) in [5.74, 6) is -1.27. The Hall–Kier alpha value is -2.44. The lowest BCUT2D eigenvalue weighted by Gasteiger charge is -2.14. The van der Waals surface area contributed by atoms with E-state index in [0.29, 0.717) is 10.0 Å². The van der Waals surface area contributed by atoms with Gasteiger partial charge in [-0.2, -0.15) is 0 Å².